The van der Waals surface area contributed by atoms with E-state index < -0.39 is 34.2 Å². The summed E-state index contributed by atoms with van der Waals surface area (Å²) in [4.78, 5) is 36.0. The van der Waals surface area contributed by atoms with Gasteiger partial charge in [0.1, 0.15) is 18.0 Å². The Bertz CT molecular complexity index is 1520. The number of carbonyl (C=O) groups excluding carboxylic acids is 1. The van der Waals surface area contributed by atoms with Crippen molar-refractivity contribution in [2.75, 3.05) is 30.4 Å². The number of ether oxygens (including phenoxy) is 1. The summed E-state index contributed by atoms with van der Waals surface area (Å²) < 4.78 is 34.5. The quantitative estimate of drug-likeness (QED) is 0.231. The standard InChI is InChI=1S/C32H43N5O6S/c1-7-8-9-13-25-18-17-24(20-27(25)35(5)6)21-36(44(41,42)29-16-10-11-19-33-29)22-26-14-12-15-28(34-26)37(23-30(38)39)31(40)43-32(2,3)4/h10-12,14-20H,7-9,13,21-23H2,1-6H3,(H,38,39). The molecule has 11 nitrogen and oxygen atoms in total. The molecule has 0 saturated carbocycles. The Labute approximate surface area is 260 Å². The number of benzene rings is 1. The van der Waals surface area contributed by atoms with Gasteiger partial charge in [-0.3, -0.25) is 9.69 Å². The molecule has 1 aromatic carbocycles. The summed E-state index contributed by atoms with van der Waals surface area (Å²) in [5, 5.41) is 9.36. The van der Waals surface area contributed by atoms with Crippen LogP contribution < -0.4 is 9.80 Å². The first kappa shape index (κ1) is 34.5. The molecule has 0 spiro atoms. The molecular formula is C32H43N5O6S. The van der Waals surface area contributed by atoms with Crippen LogP contribution in [0.15, 0.2) is 65.8 Å². The van der Waals surface area contributed by atoms with Crippen LogP contribution in [0.5, 0.6) is 0 Å². The fourth-order valence-corrected chi connectivity index (χ4v) is 5.87. The molecular weight excluding hydrogens is 582 g/mol. The summed E-state index contributed by atoms with van der Waals surface area (Å²) in [5.74, 6) is -1.22. The molecule has 0 aliphatic rings. The van der Waals surface area contributed by atoms with Gasteiger partial charge < -0.3 is 14.7 Å². The summed E-state index contributed by atoms with van der Waals surface area (Å²) >= 11 is 0. The Balaban J connectivity index is 2.01. The van der Waals surface area contributed by atoms with Gasteiger partial charge in [-0.1, -0.05) is 44.0 Å². The molecule has 0 bridgehead atoms. The van der Waals surface area contributed by atoms with Crippen LogP contribution >= 0.6 is 0 Å². The number of aryl methyl sites for hydroxylation is 1. The maximum absolute atomic E-state index is 13.9. The van der Waals surface area contributed by atoms with Gasteiger partial charge in [0, 0.05) is 32.5 Å². The number of carbonyl (C=O) groups is 2. The van der Waals surface area contributed by atoms with Crippen LogP contribution in [0.1, 0.15) is 63.8 Å². The molecule has 1 amide bonds. The van der Waals surface area contributed by atoms with Crippen LogP contribution in [0.25, 0.3) is 0 Å². The topological polar surface area (TPSA) is 133 Å². The lowest BCUT2D eigenvalue weighted by Gasteiger charge is -2.26. The van der Waals surface area contributed by atoms with Crippen molar-refractivity contribution in [3.63, 3.8) is 0 Å². The first-order valence-electron chi connectivity index (χ1n) is 14.6. The molecule has 238 valence electrons. The van der Waals surface area contributed by atoms with Crippen molar-refractivity contribution >= 4 is 33.6 Å². The van der Waals surface area contributed by atoms with Gasteiger partial charge >= 0.3 is 12.1 Å². The van der Waals surface area contributed by atoms with Crippen molar-refractivity contribution in [2.45, 2.75) is 77.1 Å². The van der Waals surface area contributed by atoms with Gasteiger partial charge in [-0.15, -0.1) is 0 Å². The van der Waals surface area contributed by atoms with Crippen molar-refractivity contribution in [1.29, 1.82) is 0 Å². The number of rotatable bonds is 14. The zero-order valence-corrected chi connectivity index (χ0v) is 27.2. The van der Waals surface area contributed by atoms with Gasteiger partial charge in [0.25, 0.3) is 10.0 Å². The molecule has 2 heterocycles. The molecule has 3 aromatic rings. The Kier molecular flexibility index (Phi) is 11.8. The largest absolute Gasteiger partial charge is 0.480 e. The molecule has 2 aromatic heterocycles. The normalized spacial score (nSPS) is 11.8. The number of anilines is 2. The van der Waals surface area contributed by atoms with Gasteiger partial charge in [-0.05, 0) is 75.1 Å². The number of amides is 1. The zero-order valence-electron chi connectivity index (χ0n) is 26.4. The number of pyridine rings is 2. The minimum absolute atomic E-state index is 0.0284. The second kappa shape index (κ2) is 15.1. The summed E-state index contributed by atoms with van der Waals surface area (Å²) in [6.07, 6.45) is 4.80. The van der Waals surface area contributed by atoms with Gasteiger partial charge in [-0.2, -0.15) is 4.31 Å². The predicted octanol–water partition coefficient (Wildman–Crippen LogP) is 5.49. The van der Waals surface area contributed by atoms with E-state index in [1.807, 2.05) is 31.1 Å². The van der Waals surface area contributed by atoms with Crippen LogP contribution in [0.4, 0.5) is 16.3 Å². The van der Waals surface area contributed by atoms with Crippen molar-refractivity contribution < 1.29 is 27.9 Å². The van der Waals surface area contributed by atoms with Crippen molar-refractivity contribution in [3.05, 3.63) is 77.6 Å². The lowest BCUT2D eigenvalue weighted by Crippen LogP contribution is -2.40. The first-order chi connectivity index (χ1) is 20.7. The molecule has 12 heteroatoms. The molecule has 0 unspecified atom stereocenters. The molecule has 0 atom stereocenters. The maximum Gasteiger partial charge on any atom is 0.416 e. The van der Waals surface area contributed by atoms with E-state index in [2.05, 4.69) is 23.0 Å². The second-order valence-electron chi connectivity index (χ2n) is 11.7. The number of aliphatic carboxylic acids is 1. The van der Waals surface area contributed by atoms with Crippen molar-refractivity contribution in [1.82, 2.24) is 14.3 Å². The second-order valence-corrected chi connectivity index (χ2v) is 13.6. The Hall–Kier alpha value is -4.03. The SMILES string of the molecule is CCCCCc1ccc(CN(Cc2cccc(N(CC(=O)O)C(=O)OC(C)(C)C)n2)S(=O)(=O)c2ccccn2)cc1N(C)C. The summed E-state index contributed by atoms with van der Waals surface area (Å²) in [5.41, 5.74) is 2.45. The van der Waals surface area contributed by atoms with Crippen LogP contribution in [0, 0.1) is 0 Å². The van der Waals surface area contributed by atoms with Crippen LogP contribution in [0.2, 0.25) is 0 Å². The summed E-state index contributed by atoms with van der Waals surface area (Å²) in [7, 11) is -0.149. The van der Waals surface area contributed by atoms with Crippen molar-refractivity contribution in [3.8, 4) is 0 Å². The highest BCUT2D eigenvalue weighted by Crippen LogP contribution is 2.26. The average Bonchev–Trinajstić information content (AvgIpc) is 2.95. The number of sulfonamides is 1. The fraction of sp³-hybridized carbons (Fsp3) is 0.438. The van der Waals surface area contributed by atoms with Gasteiger partial charge in [-0.25, -0.2) is 23.2 Å². The highest BCUT2D eigenvalue weighted by molar-refractivity contribution is 7.89. The maximum atomic E-state index is 13.9. The summed E-state index contributed by atoms with van der Waals surface area (Å²) in [6, 6.07) is 15.4. The first-order valence-corrected chi connectivity index (χ1v) is 16.0. The zero-order chi connectivity index (χ0) is 32.5. The molecule has 44 heavy (non-hydrogen) atoms. The monoisotopic (exact) mass is 625 g/mol. The average molecular weight is 626 g/mol. The number of nitrogens with zero attached hydrogens (tertiary/aromatic N) is 5. The molecule has 0 fully saturated rings. The number of carboxylic acids is 1. The van der Waals surface area contributed by atoms with E-state index in [9.17, 15) is 23.1 Å². The van der Waals surface area contributed by atoms with Crippen LogP contribution in [-0.4, -0.2) is 66.1 Å². The lowest BCUT2D eigenvalue weighted by molar-refractivity contribution is -0.135. The van der Waals surface area contributed by atoms with E-state index in [0.29, 0.717) is 5.69 Å². The summed E-state index contributed by atoms with van der Waals surface area (Å²) in [6.45, 7) is 6.38. The third kappa shape index (κ3) is 9.75. The van der Waals surface area contributed by atoms with E-state index >= 15 is 0 Å². The van der Waals surface area contributed by atoms with Crippen LogP contribution in [0.3, 0.4) is 0 Å². The van der Waals surface area contributed by atoms with E-state index in [1.165, 1.54) is 28.2 Å². The minimum Gasteiger partial charge on any atom is -0.480 e. The fourth-order valence-electron chi connectivity index (χ4n) is 4.54. The minimum atomic E-state index is -4.08. The third-order valence-corrected chi connectivity index (χ3v) is 8.30. The molecule has 3 rings (SSSR count). The number of carboxylic acid groups (broad SMARTS) is 1. The Morgan fingerprint density at radius 3 is 2.34 bits per heavy atom. The van der Waals surface area contributed by atoms with Crippen molar-refractivity contribution in [2.24, 2.45) is 0 Å². The van der Waals surface area contributed by atoms with Gasteiger partial charge in [0.15, 0.2) is 5.03 Å². The molecule has 1 N–H and O–H groups in total. The number of hydrogen-bond donors (Lipinski definition) is 1. The number of hydrogen-bond acceptors (Lipinski definition) is 8. The third-order valence-electron chi connectivity index (χ3n) is 6.60. The Morgan fingerprint density at radius 2 is 1.73 bits per heavy atom. The van der Waals surface area contributed by atoms with E-state index in [4.69, 9.17) is 4.74 Å². The predicted molar refractivity (Wildman–Crippen MR) is 170 cm³/mol. The number of unbranched alkanes of at least 4 members (excludes halogenated alkanes) is 2. The smallest absolute Gasteiger partial charge is 0.416 e. The Morgan fingerprint density at radius 1 is 0.977 bits per heavy atom. The number of aromatic nitrogens is 2. The van der Waals surface area contributed by atoms with Crippen LogP contribution in [-0.2, 0) is 39.1 Å². The molecule has 0 saturated heterocycles. The van der Waals surface area contributed by atoms with E-state index in [0.717, 1.165) is 41.8 Å². The van der Waals surface area contributed by atoms with Gasteiger partial charge in [0.2, 0.25) is 0 Å². The molecule has 0 aliphatic heterocycles. The highest BCUT2D eigenvalue weighted by atomic mass is 32.2. The van der Waals surface area contributed by atoms with E-state index in [1.54, 1.807) is 45.0 Å². The van der Waals surface area contributed by atoms with Gasteiger partial charge in [0.05, 0.1) is 12.2 Å². The molecule has 0 aliphatic carbocycles. The molecule has 0 radical (unpaired) electrons. The lowest BCUT2D eigenvalue weighted by atomic mass is 10.0. The highest BCUT2D eigenvalue weighted by Gasteiger charge is 2.29. The van der Waals surface area contributed by atoms with E-state index in [-0.39, 0.29) is 23.9 Å².